The highest BCUT2D eigenvalue weighted by Gasteiger charge is 2.22. The van der Waals surface area contributed by atoms with Crippen molar-refractivity contribution < 1.29 is 23.9 Å². The lowest BCUT2D eigenvalue weighted by Gasteiger charge is -2.29. The standard InChI is InChI=1S/C30H59NO4/c1-6-7-8-9-16-19-22-27(2)23-20-17-14-12-10-11-13-15-18-21-24-30(34)35-28(25-29(32)33)26-31(3,4)5/h27-28H,6-26H2,1-5H3. The Kier molecular flexibility index (Phi) is 21.4. The summed E-state index contributed by atoms with van der Waals surface area (Å²) in [7, 11) is 5.86. The van der Waals surface area contributed by atoms with Crippen molar-refractivity contribution in [2.24, 2.45) is 5.92 Å². The molecule has 2 atom stereocenters. The number of carbonyl (C=O) groups excluding carboxylic acids is 2. The van der Waals surface area contributed by atoms with Crippen molar-refractivity contribution in [3.8, 4) is 0 Å². The van der Waals surface area contributed by atoms with Gasteiger partial charge in [0.15, 0.2) is 6.10 Å². The molecule has 0 aromatic heterocycles. The van der Waals surface area contributed by atoms with Gasteiger partial charge in [-0.1, -0.05) is 123 Å². The number of carboxylic acid groups (broad SMARTS) is 1. The highest BCUT2D eigenvalue weighted by atomic mass is 16.5. The lowest BCUT2D eigenvalue weighted by Crippen LogP contribution is -2.45. The Bertz CT molecular complexity index is 515. The van der Waals surface area contributed by atoms with E-state index in [2.05, 4.69) is 13.8 Å². The van der Waals surface area contributed by atoms with Crippen molar-refractivity contribution in [3.63, 3.8) is 0 Å². The van der Waals surface area contributed by atoms with Gasteiger partial charge in [-0.25, -0.2) is 0 Å². The summed E-state index contributed by atoms with van der Waals surface area (Å²) in [6.07, 6.45) is 23.1. The monoisotopic (exact) mass is 497 g/mol. The first-order valence-corrected chi connectivity index (χ1v) is 14.8. The number of nitrogens with zero attached hydrogens (tertiary/aromatic N) is 1. The molecule has 0 aliphatic carbocycles. The molecule has 0 aromatic carbocycles. The molecule has 5 heteroatoms. The predicted molar refractivity (Wildman–Crippen MR) is 145 cm³/mol. The van der Waals surface area contributed by atoms with Gasteiger partial charge in [-0.15, -0.1) is 0 Å². The number of quaternary nitrogens is 1. The molecule has 0 amide bonds. The lowest BCUT2D eigenvalue weighted by molar-refractivity contribution is -0.873. The summed E-state index contributed by atoms with van der Waals surface area (Å²) < 4.78 is 5.95. The van der Waals surface area contributed by atoms with Gasteiger partial charge in [-0.05, 0) is 12.3 Å². The van der Waals surface area contributed by atoms with Crippen LogP contribution in [0, 0.1) is 5.92 Å². The Balaban J connectivity index is 3.54. The van der Waals surface area contributed by atoms with Crippen LogP contribution in [-0.4, -0.2) is 50.2 Å². The van der Waals surface area contributed by atoms with Gasteiger partial charge in [0.1, 0.15) is 6.54 Å². The molecule has 0 fully saturated rings. The Hall–Kier alpha value is -1.10. The zero-order chi connectivity index (χ0) is 26.4. The van der Waals surface area contributed by atoms with Crippen LogP contribution in [0.1, 0.15) is 142 Å². The maximum Gasteiger partial charge on any atom is 0.306 e. The molecule has 0 aromatic rings. The van der Waals surface area contributed by atoms with E-state index in [1.165, 1.54) is 96.3 Å². The van der Waals surface area contributed by atoms with Gasteiger partial charge in [0.2, 0.25) is 0 Å². The van der Waals surface area contributed by atoms with Crippen LogP contribution in [0.25, 0.3) is 0 Å². The van der Waals surface area contributed by atoms with Gasteiger partial charge in [0.05, 0.1) is 21.1 Å². The van der Waals surface area contributed by atoms with Crippen molar-refractivity contribution in [1.82, 2.24) is 0 Å². The molecule has 35 heavy (non-hydrogen) atoms. The molecule has 0 aliphatic rings. The SMILES string of the molecule is CCCCCCCCC(C)CCCCCCCCCCCCC(=O)OC(CC(=O)[O-])C[N+](C)(C)C. The number of hydrogen-bond donors (Lipinski definition) is 0. The van der Waals surface area contributed by atoms with E-state index in [4.69, 9.17) is 4.74 Å². The minimum absolute atomic E-state index is 0.237. The van der Waals surface area contributed by atoms with Crippen LogP contribution >= 0.6 is 0 Å². The number of carbonyl (C=O) groups is 2. The van der Waals surface area contributed by atoms with E-state index in [0.29, 0.717) is 17.4 Å². The third-order valence-electron chi connectivity index (χ3n) is 6.82. The molecule has 0 saturated carbocycles. The molecule has 0 aliphatic heterocycles. The Morgan fingerprint density at radius 2 is 1.14 bits per heavy atom. The first-order valence-electron chi connectivity index (χ1n) is 14.8. The number of rotatable bonds is 25. The van der Waals surface area contributed by atoms with Gasteiger partial charge in [-0.3, -0.25) is 4.79 Å². The summed E-state index contributed by atoms with van der Waals surface area (Å²) in [5.74, 6) is -0.559. The van der Waals surface area contributed by atoms with Gasteiger partial charge in [-0.2, -0.15) is 0 Å². The molecule has 0 heterocycles. The predicted octanol–water partition coefficient (Wildman–Crippen LogP) is 6.81. The third-order valence-corrected chi connectivity index (χ3v) is 6.82. The first kappa shape index (κ1) is 33.9. The van der Waals surface area contributed by atoms with Crippen LogP contribution in [0.3, 0.4) is 0 Å². The highest BCUT2D eigenvalue weighted by Crippen LogP contribution is 2.19. The molecule has 5 nitrogen and oxygen atoms in total. The Morgan fingerprint density at radius 3 is 1.57 bits per heavy atom. The quantitative estimate of drug-likeness (QED) is 0.0789. The molecular formula is C30H59NO4. The lowest BCUT2D eigenvalue weighted by atomic mass is 9.96. The fourth-order valence-corrected chi connectivity index (χ4v) is 4.78. The van der Waals surface area contributed by atoms with Crippen molar-refractivity contribution >= 4 is 11.9 Å². The zero-order valence-corrected chi connectivity index (χ0v) is 24.1. The van der Waals surface area contributed by atoms with Crippen LogP contribution in [0.2, 0.25) is 0 Å². The minimum Gasteiger partial charge on any atom is -0.550 e. The Labute approximate surface area is 218 Å². The molecule has 0 spiro atoms. The maximum atomic E-state index is 12.1. The Morgan fingerprint density at radius 1 is 0.714 bits per heavy atom. The fourth-order valence-electron chi connectivity index (χ4n) is 4.78. The number of esters is 1. The van der Waals surface area contributed by atoms with Crippen molar-refractivity contribution in [3.05, 3.63) is 0 Å². The first-order chi connectivity index (χ1) is 16.6. The number of unbranched alkanes of at least 4 members (excludes halogenated alkanes) is 14. The molecule has 2 unspecified atom stereocenters. The van der Waals surface area contributed by atoms with Crippen molar-refractivity contribution in [2.45, 2.75) is 148 Å². The van der Waals surface area contributed by atoms with Gasteiger partial charge >= 0.3 is 5.97 Å². The van der Waals surface area contributed by atoms with E-state index in [-0.39, 0.29) is 12.4 Å². The average molecular weight is 498 g/mol. The smallest absolute Gasteiger partial charge is 0.306 e. The average Bonchev–Trinajstić information content (AvgIpc) is 2.75. The number of likely N-dealkylation sites (N-methyl/N-ethyl adjacent to an activating group) is 1. The van der Waals surface area contributed by atoms with Crippen LogP contribution in [0.5, 0.6) is 0 Å². The zero-order valence-electron chi connectivity index (χ0n) is 24.1. The minimum atomic E-state index is -1.17. The van der Waals surface area contributed by atoms with Crippen LogP contribution in [-0.2, 0) is 14.3 Å². The molecule has 0 rings (SSSR count). The van der Waals surface area contributed by atoms with Crippen molar-refractivity contribution in [2.75, 3.05) is 27.7 Å². The van der Waals surface area contributed by atoms with E-state index in [0.717, 1.165) is 25.2 Å². The third kappa shape index (κ3) is 25.8. The number of ether oxygens (including phenoxy) is 1. The molecule has 0 radical (unpaired) electrons. The summed E-state index contributed by atoms with van der Waals surface area (Å²) in [6, 6.07) is 0. The molecule has 0 bridgehead atoms. The van der Waals surface area contributed by atoms with Crippen LogP contribution in [0.15, 0.2) is 0 Å². The molecule has 0 N–H and O–H groups in total. The topological polar surface area (TPSA) is 66.4 Å². The fraction of sp³-hybridized carbons (Fsp3) is 0.933. The van der Waals surface area contributed by atoms with E-state index < -0.39 is 12.1 Å². The van der Waals surface area contributed by atoms with Gasteiger partial charge < -0.3 is 19.1 Å². The number of carboxylic acids is 1. The summed E-state index contributed by atoms with van der Waals surface area (Å²) in [4.78, 5) is 23.0. The summed E-state index contributed by atoms with van der Waals surface area (Å²) >= 11 is 0. The second-order valence-electron chi connectivity index (χ2n) is 11.9. The molecular weight excluding hydrogens is 438 g/mol. The van der Waals surface area contributed by atoms with Crippen LogP contribution < -0.4 is 5.11 Å². The molecule has 0 saturated heterocycles. The second-order valence-corrected chi connectivity index (χ2v) is 11.9. The van der Waals surface area contributed by atoms with E-state index >= 15 is 0 Å². The molecule has 208 valence electrons. The summed E-state index contributed by atoms with van der Waals surface area (Å²) in [6.45, 7) is 5.18. The van der Waals surface area contributed by atoms with E-state index in [1.54, 1.807) is 0 Å². The summed E-state index contributed by atoms with van der Waals surface area (Å²) in [5, 5.41) is 10.9. The van der Waals surface area contributed by atoms with E-state index in [9.17, 15) is 14.7 Å². The second kappa shape index (κ2) is 22.1. The number of hydrogen-bond acceptors (Lipinski definition) is 4. The van der Waals surface area contributed by atoms with E-state index in [1.807, 2.05) is 21.1 Å². The number of aliphatic carboxylic acids is 1. The van der Waals surface area contributed by atoms with Gasteiger partial charge in [0.25, 0.3) is 0 Å². The van der Waals surface area contributed by atoms with Gasteiger partial charge in [0, 0.05) is 18.8 Å². The largest absolute Gasteiger partial charge is 0.550 e. The summed E-state index contributed by atoms with van der Waals surface area (Å²) in [5.41, 5.74) is 0. The van der Waals surface area contributed by atoms with Crippen LogP contribution in [0.4, 0.5) is 0 Å². The highest BCUT2D eigenvalue weighted by molar-refractivity contribution is 5.70. The van der Waals surface area contributed by atoms with Crippen molar-refractivity contribution in [1.29, 1.82) is 0 Å². The normalized spacial score (nSPS) is 13.5. The maximum absolute atomic E-state index is 12.1.